The number of amides is 1. The SMILES string of the molecule is Cc1nn(Cc2c(Cl)cccc2Cl)c(Cl)c1/C=C(/C#N)C(N)=O. The monoisotopic (exact) mass is 368 g/mol. The number of hydrogen-bond acceptors (Lipinski definition) is 3. The van der Waals surface area contributed by atoms with E-state index in [2.05, 4.69) is 5.10 Å². The molecule has 2 N–H and O–H groups in total. The van der Waals surface area contributed by atoms with Gasteiger partial charge in [-0.1, -0.05) is 40.9 Å². The first kappa shape index (κ1) is 17.4. The summed E-state index contributed by atoms with van der Waals surface area (Å²) >= 11 is 18.6. The van der Waals surface area contributed by atoms with E-state index in [1.807, 2.05) is 0 Å². The van der Waals surface area contributed by atoms with Gasteiger partial charge < -0.3 is 5.73 Å². The minimum atomic E-state index is -0.829. The van der Waals surface area contributed by atoms with Crippen molar-refractivity contribution in [3.63, 3.8) is 0 Å². The molecule has 0 aliphatic rings. The van der Waals surface area contributed by atoms with Gasteiger partial charge in [-0.15, -0.1) is 0 Å². The minimum Gasteiger partial charge on any atom is -0.365 e. The summed E-state index contributed by atoms with van der Waals surface area (Å²) in [4.78, 5) is 11.2. The van der Waals surface area contributed by atoms with Gasteiger partial charge in [-0.2, -0.15) is 10.4 Å². The lowest BCUT2D eigenvalue weighted by atomic mass is 10.1. The summed E-state index contributed by atoms with van der Waals surface area (Å²) < 4.78 is 1.49. The number of nitrogens with zero attached hydrogens (tertiary/aromatic N) is 3. The fourth-order valence-electron chi connectivity index (χ4n) is 1.97. The van der Waals surface area contributed by atoms with Crippen LogP contribution in [0.4, 0.5) is 0 Å². The van der Waals surface area contributed by atoms with E-state index in [1.54, 1.807) is 31.2 Å². The Morgan fingerprint density at radius 1 is 1.39 bits per heavy atom. The number of hydrogen-bond donors (Lipinski definition) is 1. The number of nitrogens with two attached hydrogens (primary N) is 1. The van der Waals surface area contributed by atoms with Crippen LogP contribution in [0.1, 0.15) is 16.8 Å². The molecule has 8 heteroatoms. The number of carbonyl (C=O) groups excluding carboxylic acids is 1. The van der Waals surface area contributed by atoms with Crippen molar-refractivity contribution in [3.05, 3.63) is 55.8 Å². The largest absolute Gasteiger partial charge is 0.365 e. The maximum Gasteiger partial charge on any atom is 0.259 e. The van der Waals surface area contributed by atoms with Crippen LogP contribution in [0.25, 0.3) is 6.08 Å². The smallest absolute Gasteiger partial charge is 0.259 e. The highest BCUT2D eigenvalue weighted by Gasteiger charge is 2.16. The summed E-state index contributed by atoms with van der Waals surface area (Å²) in [7, 11) is 0. The van der Waals surface area contributed by atoms with E-state index in [9.17, 15) is 4.79 Å². The van der Waals surface area contributed by atoms with E-state index in [4.69, 9.17) is 45.8 Å². The van der Waals surface area contributed by atoms with Crippen LogP contribution in [-0.2, 0) is 11.3 Å². The van der Waals surface area contributed by atoms with E-state index >= 15 is 0 Å². The Morgan fingerprint density at radius 2 is 2.00 bits per heavy atom. The maximum atomic E-state index is 11.2. The van der Waals surface area contributed by atoms with Crippen molar-refractivity contribution in [2.45, 2.75) is 13.5 Å². The van der Waals surface area contributed by atoms with Crippen LogP contribution in [0, 0.1) is 18.3 Å². The molecular formula is C15H11Cl3N4O. The highest BCUT2D eigenvalue weighted by molar-refractivity contribution is 6.36. The minimum absolute atomic E-state index is 0.203. The molecule has 2 aromatic rings. The number of primary amides is 1. The summed E-state index contributed by atoms with van der Waals surface area (Å²) in [6.45, 7) is 1.96. The highest BCUT2D eigenvalue weighted by Crippen LogP contribution is 2.28. The zero-order valence-electron chi connectivity index (χ0n) is 12.0. The van der Waals surface area contributed by atoms with Gasteiger partial charge in [0.2, 0.25) is 0 Å². The first-order valence-electron chi connectivity index (χ1n) is 6.42. The lowest BCUT2D eigenvalue weighted by Gasteiger charge is -2.08. The molecule has 0 saturated heterocycles. The third-order valence-corrected chi connectivity index (χ3v) is 4.26. The molecule has 1 amide bonds. The van der Waals surface area contributed by atoms with E-state index in [0.717, 1.165) is 0 Å². The summed E-state index contributed by atoms with van der Waals surface area (Å²) in [6, 6.07) is 6.90. The summed E-state index contributed by atoms with van der Waals surface area (Å²) in [5.41, 5.74) is 6.60. The van der Waals surface area contributed by atoms with Gasteiger partial charge in [0.25, 0.3) is 5.91 Å². The molecular weight excluding hydrogens is 359 g/mol. The van der Waals surface area contributed by atoms with Crippen LogP contribution in [-0.4, -0.2) is 15.7 Å². The Bertz CT molecular complexity index is 829. The first-order valence-corrected chi connectivity index (χ1v) is 7.56. The average Bonchev–Trinajstić information content (AvgIpc) is 2.75. The van der Waals surface area contributed by atoms with Crippen LogP contribution in [0.15, 0.2) is 23.8 Å². The van der Waals surface area contributed by atoms with Gasteiger partial charge in [0, 0.05) is 21.2 Å². The van der Waals surface area contributed by atoms with Gasteiger partial charge in [-0.3, -0.25) is 4.79 Å². The molecule has 23 heavy (non-hydrogen) atoms. The third kappa shape index (κ3) is 3.67. The Kier molecular flexibility index (Phi) is 5.32. The maximum absolute atomic E-state index is 11.2. The van der Waals surface area contributed by atoms with Crippen molar-refractivity contribution in [3.8, 4) is 6.07 Å². The average molecular weight is 370 g/mol. The van der Waals surface area contributed by atoms with E-state index in [-0.39, 0.29) is 17.3 Å². The highest BCUT2D eigenvalue weighted by atomic mass is 35.5. The molecule has 0 unspecified atom stereocenters. The number of halogens is 3. The van der Waals surface area contributed by atoms with Gasteiger partial charge in [0.05, 0.1) is 12.2 Å². The Balaban J connectivity index is 2.47. The molecule has 1 aromatic heterocycles. The van der Waals surface area contributed by atoms with Crippen molar-refractivity contribution >= 4 is 46.8 Å². The Morgan fingerprint density at radius 3 is 2.52 bits per heavy atom. The van der Waals surface area contributed by atoms with Gasteiger partial charge in [-0.25, -0.2) is 4.68 Å². The van der Waals surface area contributed by atoms with Crippen molar-refractivity contribution in [1.29, 1.82) is 5.26 Å². The van der Waals surface area contributed by atoms with Crippen molar-refractivity contribution in [1.82, 2.24) is 9.78 Å². The van der Waals surface area contributed by atoms with E-state index in [1.165, 1.54) is 10.8 Å². The number of nitriles is 1. The summed E-state index contributed by atoms with van der Waals surface area (Å²) in [5.74, 6) is -0.829. The Labute approximate surface area is 147 Å². The van der Waals surface area contributed by atoms with Crippen molar-refractivity contribution < 1.29 is 4.79 Å². The lowest BCUT2D eigenvalue weighted by molar-refractivity contribution is -0.114. The molecule has 118 valence electrons. The first-order chi connectivity index (χ1) is 10.8. The lowest BCUT2D eigenvalue weighted by Crippen LogP contribution is -2.12. The molecule has 0 saturated carbocycles. The molecule has 0 aliphatic heterocycles. The second-order valence-electron chi connectivity index (χ2n) is 4.68. The zero-order chi connectivity index (χ0) is 17.1. The number of aryl methyl sites for hydroxylation is 1. The molecule has 1 aromatic carbocycles. The Hall–Kier alpha value is -2.00. The molecule has 2 rings (SSSR count). The van der Waals surface area contributed by atoms with Crippen molar-refractivity contribution in [2.24, 2.45) is 5.73 Å². The summed E-state index contributed by atoms with van der Waals surface area (Å²) in [6.07, 6.45) is 1.32. The predicted octanol–water partition coefficient (Wildman–Crippen LogP) is 3.59. The predicted molar refractivity (Wildman–Crippen MR) is 90.3 cm³/mol. The number of benzene rings is 1. The van der Waals surface area contributed by atoms with Crippen LogP contribution >= 0.6 is 34.8 Å². The van der Waals surface area contributed by atoms with Crippen LogP contribution in [0.3, 0.4) is 0 Å². The number of rotatable bonds is 4. The third-order valence-electron chi connectivity index (χ3n) is 3.15. The molecule has 0 bridgehead atoms. The second-order valence-corrected chi connectivity index (χ2v) is 5.85. The van der Waals surface area contributed by atoms with Gasteiger partial charge in [-0.05, 0) is 25.1 Å². The van der Waals surface area contributed by atoms with Gasteiger partial charge in [0.1, 0.15) is 16.8 Å². The fraction of sp³-hybridized carbons (Fsp3) is 0.133. The molecule has 0 spiro atoms. The molecule has 1 heterocycles. The van der Waals surface area contributed by atoms with E-state index < -0.39 is 5.91 Å². The quantitative estimate of drug-likeness (QED) is 0.660. The van der Waals surface area contributed by atoms with Gasteiger partial charge in [0.15, 0.2) is 0 Å². The number of aromatic nitrogens is 2. The number of carbonyl (C=O) groups is 1. The normalized spacial score (nSPS) is 11.3. The molecule has 0 aliphatic carbocycles. The molecule has 0 atom stereocenters. The van der Waals surface area contributed by atoms with Gasteiger partial charge >= 0.3 is 0 Å². The molecule has 0 radical (unpaired) electrons. The van der Waals surface area contributed by atoms with Crippen LogP contribution in [0.2, 0.25) is 15.2 Å². The fourth-order valence-corrected chi connectivity index (χ4v) is 2.78. The van der Waals surface area contributed by atoms with E-state index in [0.29, 0.717) is 26.9 Å². The van der Waals surface area contributed by atoms with Crippen LogP contribution in [0.5, 0.6) is 0 Å². The zero-order valence-corrected chi connectivity index (χ0v) is 14.2. The second kappa shape index (κ2) is 7.05. The topological polar surface area (TPSA) is 84.7 Å². The molecule has 0 fully saturated rings. The van der Waals surface area contributed by atoms with Crippen molar-refractivity contribution in [2.75, 3.05) is 0 Å². The standard InChI is InChI=1S/C15H11Cl3N4O/c1-8-10(5-9(6-19)15(20)23)14(18)22(21-8)7-11-12(16)3-2-4-13(11)17/h2-5H,7H2,1H3,(H2,20,23)/b9-5-. The van der Waals surface area contributed by atoms with Crippen LogP contribution < -0.4 is 5.73 Å². The molecule has 5 nitrogen and oxygen atoms in total. The summed E-state index contributed by atoms with van der Waals surface area (Å²) in [5, 5.41) is 14.5.